The summed E-state index contributed by atoms with van der Waals surface area (Å²) in [6.45, 7) is 13.9. The SMILES string of the molecule is CC(C)CC(NC(=O)C(C)NC(=O)C(CC(=O)O)NC(=O)C(NC(=O)C(NC(=O)C(CCC(=O)O)NC(=O)C(CCC(N)=O)NC(=O)C(CCCN=C(N)N)NC(=O)C(CCCN=C(N)N)NC(=O)C(CC(C)C)NC(=O)C(C)NC(=O)C(CCCCN)NC(=O)C(N)CCCCN)C(C)O)C(C)C)C(N)=O. The lowest BCUT2D eigenvalue weighted by Gasteiger charge is -2.29. The van der Waals surface area contributed by atoms with Gasteiger partial charge in [-0.15, -0.1) is 0 Å². The van der Waals surface area contributed by atoms with Crippen molar-refractivity contribution < 1.29 is 92.0 Å². The van der Waals surface area contributed by atoms with E-state index in [-0.39, 0.29) is 81.8 Å². The topological polar surface area (TPSA) is 737 Å². The van der Waals surface area contributed by atoms with Crippen LogP contribution in [0.3, 0.4) is 0 Å². The third-order valence-corrected chi connectivity index (χ3v) is 16.2. The highest BCUT2D eigenvalue weighted by Gasteiger charge is 2.39. The van der Waals surface area contributed by atoms with Crippen molar-refractivity contribution in [3.05, 3.63) is 0 Å². The van der Waals surface area contributed by atoms with Crippen LogP contribution in [-0.2, 0) is 76.7 Å². The van der Waals surface area contributed by atoms with Crippen LogP contribution >= 0.6 is 0 Å². The van der Waals surface area contributed by atoms with Crippen LogP contribution in [0, 0.1) is 17.8 Å². The number of carboxylic acids is 2. The number of rotatable bonds is 55. The molecule has 0 saturated carbocycles. The van der Waals surface area contributed by atoms with Crippen LogP contribution in [0.1, 0.15) is 171 Å². The molecule has 33 N–H and O–H groups in total. The lowest BCUT2D eigenvalue weighted by atomic mass is 10.0. The molecule has 14 amide bonds. The van der Waals surface area contributed by atoms with Crippen LogP contribution in [-0.4, -0.2) is 233 Å². The molecular formula is C65H119N23O19. The van der Waals surface area contributed by atoms with Crippen LogP contribution in [0.15, 0.2) is 9.98 Å². The minimum Gasteiger partial charge on any atom is -0.481 e. The number of hydrogen-bond donors (Lipinski definition) is 24. The zero-order valence-corrected chi connectivity index (χ0v) is 62.6. The van der Waals surface area contributed by atoms with Gasteiger partial charge in [-0.05, 0) is 135 Å². The Balaban J connectivity index is 7.25. The van der Waals surface area contributed by atoms with E-state index in [9.17, 15) is 92.0 Å². The molecule has 0 radical (unpaired) electrons. The highest BCUT2D eigenvalue weighted by atomic mass is 16.4. The fraction of sp³-hybridized carbons (Fsp3) is 0.723. The fourth-order valence-electron chi connectivity index (χ4n) is 10.3. The number of unbranched alkanes of at least 4 members (excludes halogenated alkanes) is 2. The van der Waals surface area contributed by atoms with E-state index >= 15 is 0 Å². The Bertz CT molecular complexity index is 3040. The van der Waals surface area contributed by atoms with E-state index in [2.05, 4.69) is 73.8 Å². The Morgan fingerprint density at radius 1 is 0.346 bits per heavy atom. The van der Waals surface area contributed by atoms with Gasteiger partial charge in [0.25, 0.3) is 0 Å². The molecule has 0 heterocycles. The molecular weight excluding hydrogens is 1410 g/mol. The quantitative estimate of drug-likeness (QED) is 0.0153. The molecule has 608 valence electrons. The average molecular weight is 1530 g/mol. The number of carbonyl (C=O) groups is 16. The minimum atomic E-state index is -2.03. The molecule has 14 atom stereocenters. The Morgan fingerprint density at radius 2 is 0.682 bits per heavy atom. The molecule has 0 aliphatic carbocycles. The summed E-state index contributed by atoms with van der Waals surface area (Å²) in [7, 11) is 0. The maximum Gasteiger partial charge on any atom is 0.305 e. The van der Waals surface area contributed by atoms with E-state index in [4.69, 9.17) is 51.6 Å². The molecule has 0 saturated heterocycles. The molecule has 0 fully saturated rings. The van der Waals surface area contributed by atoms with E-state index in [0.717, 1.165) is 6.92 Å². The van der Waals surface area contributed by atoms with Gasteiger partial charge >= 0.3 is 11.9 Å². The summed E-state index contributed by atoms with van der Waals surface area (Å²) in [6.07, 6.45) is -3.64. The second-order valence-corrected chi connectivity index (χ2v) is 27.2. The summed E-state index contributed by atoms with van der Waals surface area (Å²) < 4.78 is 0. The number of nitrogens with zero attached hydrogens (tertiary/aromatic N) is 2. The number of nitrogens with one attached hydrogen (secondary N) is 12. The number of primary amides is 2. The average Bonchev–Trinajstić information content (AvgIpc) is 0.854. The second-order valence-electron chi connectivity index (χ2n) is 27.2. The van der Waals surface area contributed by atoms with Crippen molar-refractivity contribution in [1.29, 1.82) is 0 Å². The second kappa shape index (κ2) is 51.2. The minimum absolute atomic E-state index is 0.0125. The maximum absolute atomic E-state index is 14.6. The number of amides is 14. The van der Waals surface area contributed by atoms with E-state index in [1.807, 2.05) is 0 Å². The van der Waals surface area contributed by atoms with Crippen LogP contribution in [0.4, 0.5) is 0 Å². The lowest BCUT2D eigenvalue weighted by Crippen LogP contribution is -2.62. The fourth-order valence-corrected chi connectivity index (χ4v) is 10.3. The Kier molecular flexibility index (Phi) is 46.4. The smallest absolute Gasteiger partial charge is 0.305 e. The number of carboxylic acid groups (broad SMARTS) is 2. The van der Waals surface area contributed by atoms with E-state index < -0.39 is 217 Å². The molecule has 0 spiro atoms. The van der Waals surface area contributed by atoms with E-state index in [1.165, 1.54) is 27.7 Å². The number of aliphatic imine (C=N–C) groups is 2. The van der Waals surface area contributed by atoms with Gasteiger partial charge in [0.05, 0.1) is 18.6 Å². The lowest BCUT2D eigenvalue weighted by molar-refractivity contribution is -0.142. The van der Waals surface area contributed by atoms with Gasteiger partial charge in [0.2, 0.25) is 82.7 Å². The van der Waals surface area contributed by atoms with Gasteiger partial charge in [-0.1, -0.05) is 48.0 Å². The highest BCUT2D eigenvalue weighted by molar-refractivity contribution is 6.00. The molecule has 0 rings (SSSR count). The molecule has 0 bridgehead atoms. The summed E-state index contributed by atoms with van der Waals surface area (Å²) >= 11 is 0. The molecule has 42 heteroatoms. The van der Waals surface area contributed by atoms with Crippen molar-refractivity contribution in [2.75, 3.05) is 26.2 Å². The van der Waals surface area contributed by atoms with Crippen LogP contribution in [0.25, 0.3) is 0 Å². The number of aliphatic carboxylic acids is 2. The van der Waals surface area contributed by atoms with Gasteiger partial charge in [0.1, 0.15) is 72.5 Å². The zero-order valence-electron chi connectivity index (χ0n) is 62.6. The molecule has 42 nitrogen and oxygen atoms in total. The van der Waals surface area contributed by atoms with Crippen molar-refractivity contribution in [3.63, 3.8) is 0 Å². The molecule has 0 aromatic rings. The number of aliphatic hydroxyl groups is 1. The first-order valence-corrected chi connectivity index (χ1v) is 35.6. The first-order valence-electron chi connectivity index (χ1n) is 35.6. The predicted octanol–water partition coefficient (Wildman–Crippen LogP) is -8.24. The molecule has 0 aromatic carbocycles. The van der Waals surface area contributed by atoms with Crippen molar-refractivity contribution in [2.24, 2.45) is 79.3 Å². The van der Waals surface area contributed by atoms with Crippen molar-refractivity contribution in [2.45, 2.75) is 256 Å². The molecule has 0 aliphatic heterocycles. The van der Waals surface area contributed by atoms with Crippen LogP contribution in [0.2, 0.25) is 0 Å². The van der Waals surface area contributed by atoms with Gasteiger partial charge < -0.3 is 131 Å². The molecule has 0 aliphatic rings. The molecule has 14 unspecified atom stereocenters. The summed E-state index contributed by atoms with van der Waals surface area (Å²) in [5, 5.41) is 59.4. The zero-order chi connectivity index (χ0) is 82.0. The monoisotopic (exact) mass is 1530 g/mol. The Labute approximate surface area is 622 Å². The third kappa shape index (κ3) is 40.8. The first kappa shape index (κ1) is 96.9. The largest absolute Gasteiger partial charge is 0.481 e. The third-order valence-electron chi connectivity index (χ3n) is 16.2. The number of carbonyl (C=O) groups excluding carboxylic acids is 14. The van der Waals surface area contributed by atoms with Crippen molar-refractivity contribution in [1.82, 2.24) is 63.8 Å². The predicted molar refractivity (Wildman–Crippen MR) is 390 cm³/mol. The van der Waals surface area contributed by atoms with Crippen LogP contribution < -0.4 is 115 Å². The Hall–Kier alpha value is -10.1. The number of nitrogens with two attached hydrogens (primary N) is 9. The van der Waals surface area contributed by atoms with E-state index in [0.29, 0.717) is 45.2 Å². The van der Waals surface area contributed by atoms with Gasteiger partial charge in [-0.25, -0.2) is 0 Å². The standard InChI is InChI=1S/C65H119N23O19/c1-31(2)28-43(51(70)95)84-52(96)34(7)78-60(104)45(30-48(93)94)86-62(106)49(33(5)6)87-63(107)50(36(9)89)88-59(103)42(21-23-47(91)92)83-58(102)41(20-22-46(69)90)82-57(101)39(18-14-26-75-64(71)72)80-56(100)40(19-15-27-76-65(73)74)81-61(105)44(29-32(3)4)85-53(97)35(8)77-55(99)38(17-11-13-25-67)79-54(98)37(68)16-10-12-24-66/h31-45,49-50,89H,10-30,66-68H2,1-9H3,(H2,69,90)(H2,70,95)(H,77,99)(H,78,104)(H,79,98)(H,80,100)(H,81,105)(H,82,101)(H,83,102)(H,84,96)(H,85,97)(H,86,106)(H,87,107)(H,88,103)(H,91,92)(H,93,94)(H4,71,72,75)(H4,73,74,76). The van der Waals surface area contributed by atoms with Gasteiger partial charge in [0.15, 0.2) is 11.9 Å². The number of guanidine groups is 2. The van der Waals surface area contributed by atoms with Gasteiger partial charge in [-0.2, -0.15) is 0 Å². The summed E-state index contributed by atoms with van der Waals surface area (Å²) in [4.78, 5) is 223. The summed E-state index contributed by atoms with van der Waals surface area (Å²) in [5.41, 5.74) is 50.4. The van der Waals surface area contributed by atoms with Crippen molar-refractivity contribution >= 4 is 107 Å². The van der Waals surface area contributed by atoms with Crippen LogP contribution in [0.5, 0.6) is 0 Å². The van der Waals surface area contributed by atoms with Gasteiger partial charge in [0, 0.05) is 25.9 Å². The first-order chi connectivity index (χ1) is 50.0. The van der Waals surface area contributed by atoms with E-state index in [1.54, 1.807) is 27.7 Å². The van der Waals surface area contributed by atoms with Crippen molar-refractivity contribution in [3.8, 4) is 0 Å². The normalized spacial score (nSPS) is 15.1. The molecule has 107 heavy (non-hydrogen) atoms. The summed E-state index contributed by atoms with van der Waals surface area (Å²) in [6, 6.07) is -19.9. The number of aliphatic hydroxyl groups excluding tert-OH is 1. The Morgan fingerprint density at radius 3 is 1.07 bits per heavy atom. The highest BCUT2D eigenvalue weighted by Crippen LogP contribution is 2.14. The number of hydrogen-bond acceptors (Lipinski definition) is 22. The molecule has 0 aromatic heterocycles. The summed E-state index contributed by atoms with van der Waals surface area (Å²) in [5.74, 6) is -19.3. The van der Waals surface area contributed by atoms with Gasteiger partial charge in [-0.3, -0.25) is 86.7 Å². The maximum atomic E-state index is 14.6.